The Kier molecular flexibility index (Phi) is 3.03. The Balaban J connectivity index is 2.18. The minimum absolute atomic E-state index is 0.294. The molecule has 2 aromatic heterocycles. The third-order valence-corrected chi connectivity index (χ3v) is 3.48. The van der Waals surface area contributed by atoms with E-state index in [9.17, 15) is 9.18 Å². The molecule has 1 aromatic carbocycles. The van der Waals surface area contributed by atoms with Crippen LogP contribution >= 0.6 is 11.3 Å². The average molecular weight is 289 g/mol. The van der Waals surface area contributed by atoms with Gasteiger partial charge in [0, 0.05) is 0 Å². The third kappa shape index (κ3) is 2.19. The van der Waals surface area contributed by atoms with Gasteiger partial charge in [0.2, 0.25) is 0 Å². The van der Waals surface area contributed by atoms with Crippen LogP contribution in [0.1, 0.15) is 10.6 Å². The molecule has 0 saturated carbocycles. The Hall–Kier alpha value is -2.54. The summed E-state index contributed by atoms with van der Waals surface area (Å²) in [5.74, 6) is -1.45. The van der Waals surface area contributed by atoms with Gasteiger partial charge in [0.25, 0.3) is 5.82 Å². The first-order valence-corrected chi connectivity index (χ1v) is 6.53. The van der Waals surface area contributed by atoms with Crippen LogP contribution in [0.5, 0.6) is 0 Å². The van der Waals surface area contributed by atoms with Crippen molar-refractivity contribution in [3.63, 3.8) is 0 Å². The predicted molar refractivity (Wildman–Crippen MR) is 71.6 cm³/mol. The van der Waals surface area contributed by atoms with Crippen LogP contribution < -0.4 is 0 Å². The van der Waals surface area contributed by atoms with Crippen LogP contribution in [0.2, 0.25) is 0 Å². The smallest absolute Gasteiger partial charge is 0.375 e. The van der Waals surface area contributed by atoms with Crippen molar-refractivity contribution < 1.29 is 14.3 Å². The van der Waals surface area contributed by atoms with Gasteiger partial charge in [0.05, 0.1) is 10.6 Å². The maximum Gasteiger partial charge on any atom is 0.375 e. The first-order chi connectivity index (χ1) is 9.65. The average Bonchev–Trinajstić information content (AvgIpc) is 3.08. The number of thiophene rings is 1. The second kappa shape index (κ2) is 4.86. The van der Waals surface area contributed by atoms with E-state index in [4.69, 9.17) is 5.11 Å². The SMILES string of the molecule is O=C(O)c1nc(-c2cccs2)n(-c2ccc(F)cc2)n1. The van der Waals surface area contributed by atoms with Gasteiger partial charge in [-0.05, 0) is 35.7 Å². The topological polar surface area (TPSA) is 68.0 Å². The first kappa shape index (κ1) is 12.5. The molecule has 0 aliphatic carbocycles. The van der Waals surface area contributed by atoms with Gasteiger partial charge in [-0.1, -0.05) is 6.07 Å². The number of carboxylic acid groups (broad SMARTS) is 1. The summed E-state index contributed by atoms with van der Waals surface area (Å²) in [5, 5.41) is 14.8. The fraction of sp³-hybridized carbons (Fsp3) is 0. The number of benzene rings is 1. The summed E-state index contributed by atoms with van der Waals surface area (Å²) >= 11 is 1.42. The summed E-state index contributed by atoms with van der Waals surface area (Å²) in [6.07, 6.45) is 0. The molecule has 0 atom stereocenters. The number of aromatic nitrogens is 3. The highest BCUT2D eigenvalue weighted by Gasteiger charge is 2.18. The van der Waals surface area contributed by atoms with E-state index in [1.165, 1.54) is 40.3 Å². The number of aromatic carboxylic acids is 1. The Morgan fingerprint density at radius 1 is 1.25 bits per heavy atom. The van der Waals surface area contributed by atoms with Crippen molar-refractivity contribution in [1.29, 1.82) is 0 Å². The van der Waals surface area contributed by atoms with Crippen LogP contribution in [-0.4, -0.2) is 25.8 Å². The van der Waals surface area contributed by atoms with E-state index in [0.29, 0.717) is 11.5 Å². The summed E-state index contributed by atoms with van der Waals surface area (Å²) in [6, 6.07) is 9.27. The van der Waals surface area contributed by atoms with Gasteiger partial charge < -0.3 is 5.11 Å². The molecule has 20 heavy (non-hydrogen) atoms. The number of halogens is 1. The minimum atomic E-state index is -1.20. The molecule has 3 rings (SSSR count). The normalized spacial score (nSPS) is 10.7. The largest absolute Gasteiger partial charge is 0.475 e. The summed E-state index contributed by atoms with van der Waals surface area (Å²) in [6.45, 7) is 0. The van der Waals surface area contributed by atoms with Crippen molar-refractivity contribution in [3.8, 4) is 16.4 Å². The quantitative estimate of drug-likeness (QED) is 0.805. The summed E-state index contributed by atoms with van der Waals surface area (Å²) < 4.78 is 14.4. The molecule has 0 radical (unpaired) electrons. The van der Waals surface area contributed by atoms with Gasteiger partial charge in [0.1, 0.15) is 5.82 Å². The molecule has 0 aliphatic rings. The van der Waals surface area contributed by atoms with Gasteiger partial charge in [-0.2, -0.15) is 4.98 Å². The standard InChI is InChI=1S/C13H8FN3O2S/c14-8-3-5-9(6-4-8)17-12(10-2-1-7-20-10)15-11(16-17)13(18)19/h1-7H,(H,18,19). The highest BCUT2D eigenvalue weighted by Crippen LogP contribution is 2.25. The fourth-order valence-electron chi connectivity index (χ4n) is 1.73. The molecular weight excluding hydrogens is 281 g/mol. The molecule has 0 aliphatic heterocycles. The van der Waals surface area contributed by atoms with Crippen molar-refractivity contribution in [2.75, 3.05) is 0 Å². The lowest BCUT2D eigenvalue weighted by Gasteiger charge is -2.03. The molecule has 2 heterocycles. The summed E-state index contributed by atoms with van der Waals surface area (Å²) in [4.78, 5) is 15.8. The van der Waals surface area contributed by atoms with Crippen molar-refractivity contribution in [1.82, 2.24) is 14.8 Å². The van der Waals surface area contributed by atoms with Crippen LogP contribution in [0.15, 0.2) is 41.8 Å². The Bertz CT molecular complexity index is 751. The lowest BCUT2D eigenvalue weighted by molar-refractivity contribution is 0.0683. The Morgan fingerprint density at radius 2 is 2.00 bits per heavy atom. The van der Waals surface area contributed by atoms with Crippen LogP contribution in [0.25, 0.3) is 16.4 Å². The zero-order chi connectivity index (χ0) is 14.1. The Morgan fingerprint density at radius 3 is 2.60 bits per heavy atom. The van der Waals surface area contributed by atoms with Crippen molar-refractivity contribution in [2.24, 2.45) is 0 Å². The van der Waals surface area contributed by atoms with Crippen molar-refractivity contribution in [3.05, 3.63) is 53.4 Å². The van der Waals surface area contributed by atoms with E-state index < -0.39 is 5.97 Å². The van der Waals surface area contributed by atoms with Crippen LogP contribution in [-0.2, 0) is 0 Å². The number of hydrogen-bond acceptors (Lipinski definition) is 4. The monoisotopic (exact) mass is 289 g/mol. The molecule has 5 nitrogen and oxygen atoms in total. The van der Waals surface area contributed by atoms with Crippen molar-refractivity contribution >= 4 is 17.3 Å². The van der Waals surface area contributed by atoms with Gasteiger partial charge in [-0.3, -0.25) is 0 Å². The van der Waals surface area contributed by atoms with Crippen molar-refractivity contribution in [2.45, 2.75) is 0 Å². The number of carbonyl (C=O) groups is 1. The van der Waals surface area contributed by atoms with Crippen LogP contribution in [0.3, 0.4) is 0 Å². The number of carboxylic acids is 1. The van der Waals surface area contributed by atoms with Gasteiger partial charge >= 0.3 is 5.97 Å². The molecule has 0 fully saturated rings. The third-order valence-electron chi connectivity index (χ3n) is 2.61. The van der Waals surface area contributed by atoms with Crippen LogP contribution in [0.4, 0.5) is 4.39 Å². The molecule has 0 amide bonds. The molecule has 0 saturated heterocycles. The first-order valence-electron chi connectivity index (χ1n) is 5.65. The molecule has 0 spiro atoms. The van der Waals surface area contributed by atoms with Gasteiger partial charge in [0.15, 0.2) is 5.82 Å². The minimum Gasteiger partial charge on any atom is -0.475 e. The number of rotatable bonds is 3. The maximum absolute atomic E-state index is 13.0. The van der Waals surface area contributed by atoms with Gasteiger partial charge in [-0.15, -0.1) is 16.4 Å². The maximum atomic E-state index is 13.0. The van der Waals surface area contributed by atoms with E-state index in [1.807, 2.05) is 17.5 Å². The highest BCUT2D eigenvalue weighted by molar-refractivity contribution is 7.13. The molecule has 3 aromatic rings. The number of nitrogens with zero attached hydrogens (tertiary/aromatic N) is 3. The predicted octanol–water partition coefficient (Wildman–Crippen LogP) is 2.83. The molecule has 7 heteroatoms. The molecule has 1 N–H and O–H groups in total. The summed E-state index contributed by atoms with van der Waals surface area (Å²) in [5.41, 5.74) is 0.551. The molecular formula is C13H8FN3O2S. The van der Waals surface area contributed by atoms with Gasteiger partial charge in [-0.25, -0.2) is 13.9 Å². The van der Waals surface area contributed by atoms with E-state index in [0.717, 1.165) is 4.88 Å². The lowest BCUT2D eigenvalue weighted by atomic mass is 10.3. The zero-order valence-electron chi connectivity index (χ0n) is 10.0. The van der Waals surface area contributed by atoms with E-state index in [1.54, 1.807) is 0 Å². The Labute approximate surface area is 116 Å². The molecule has 0 bridgehead atoms. The molecule has 100 valence electrons. The second-order valence-corrected chi connectivity index (χ2v) is 4.88. The van der Waals surface area contributed by atoms with E-state index >= 15 is 0 Å². The van der Waals surface area contributed by atoms with Crippen LogP contribution in [0, 0.1) is 5.82 Å². The number of hydrogen-bond donors (Lipinski definition) is 1. The summed E-state index contributed by atoms with van der Waals surface area (Å²) in [7, 11) is 0. The second-order valence-electron chi connectivity index (χ2n) is 3.93. The van der Waals surface area contributed by atoms with E-state index in [-0.39, 0.29) is 11.6 Å². The van der Waals surface area contributed by atoms with E-state index in [2.05, 4.69) is 10.1 Å². The zero-order valence-corrected chi connectivity index (χ0v) is 10.8. The lowest BCUT2D eigenvalue weighted by Crippen LogP contribution is -2.02. The fourth-order valence-corrected chi connectivity index (χ4v) is 2.43. The molecule has 0 unspecified atom stereocenters. The highest BCUT2D eigenvalue weighted by atomic mass is 32.1.